The zero-order valence-corrected chi connectivity index (χ0v) is 12.6. The number of rotatable bonds is 7. The molecule has 1 aromatic rings. The van der Waals surface area contributed by atoms with Crippen molar-refractivity contribution in [3.05, 3.63) is 11.9 Å². The molecule has 1 aliphatic rings. The van der Waals surface area contributed by atoms with Crippen LogP contribution < -0.4 is 11.3 Å². The summed E-state index contributed by atoms with van der Waals surface area (Å²) in [4.78, 5) is 0. The van der Waals surface area contributed by atoms with Gasteiger partial charge in [-0.2, -0.15) is 0 Å². The Morgan fingerprint density at radius 1 is 1.45 bits per heavy atom. The molecular formula is C14H27N5O. The van der Waals surface area contributed by atoms with Crippen LogP contribution >= 0.6 is 0 Å². The van der Waals surface area contributed by atoms with Gasteiger partial charge in [0, 0.05) is 26.3 Å². The lowest BCUT2D eigenvalue weighted by atomic mass is 9.81. The Labute approximate surface area is 121 Å². The average molecular weight is 281 g/mol. The van der Waals surface area contributed by atoms with Gasteiger partial charge in [-0.1, -0.05) is 24.5 Å². The third kappa shape index (κ3) is 4.01. The van der Waals surface area contributed by atoms with Gasteiger partial charge in [0.1, 0.15) is 0 Å². The van der Waals surface area contributed by atoms with Gasteiger partial charge in [-0.05, 0) is 25.7 Å². The van der Waals surface area contributed by atoms with Crippen LogP contribution in [-0.4, -0.2) is 33.7 Å². The first-order chi connectivity index (χ1) is 9.74. The molecule has 1 fully saturated rings. The van der Waals surface area contributed by atoms with Gasteiger partial charge in [-0.25, -0.2) is 0 Å². The maximum Gasteiger partial charge on any atom is 0.0844 e. The first-order valence-corrected chi connectivity index (χ1v) is 7.67. The van der Waals surface area contributed by atoms with Crippen molar-refractivity contribution in [3.63, 3.8) is 0 Å². The summed E-state index contributed by atoms with van der Waals surface area (Å²) in [5, 5.41) is 8.13. The van der Waals surface area contributed by atoms with Crippen LogP contribution in [0.25, 0.3) is 0 Å². The molecule has 0 saturated heterocycles. The van der Waals surface area contributed by atoms with Crippen LogP contribution in [0.5, 0.6) is 0 Å². The van der Waals surface area contributed by atoms with E-state index < -0.39 is 0 Å². The van der Waals surface area contributed by atoms with Crippen LogP contribution in [0.1, 0.15) is 44.7 Å². The number of hydrazine groups is 1. The molecule has 0 spiro atoms. The van der Waals surface area contributed by atoms with E-state index in [9.17, 15) is 0 Å². The van der Waals surface area contributed by atoms with Crippen LogP contribution in [0.2, 0.25) is 0 Å². The molecule has 0 amide bonds. The molecule has 20 heavy (non-hydrogen) atoms. The third-order valence-corrected chi connectivity index (χ3v) is 4.16. The van der Waals surface area contributed by atoms with Crippen LogP contribution in [0.3, 0.4) is 0 Å². The second kappa shape index (κ2) is 7.71. The van der Waals surface area contributed by atoms with Gasteiger partial charge < -0.3 is 4.74 Å². The number of hydrogen-bond donors (Lipinski definition) is 2. The molecule has 0 aliphatic heterocycles. The van der Waals surface area contributed by atoms with Crippen LogP contribution in [0, 0.1) is 5.92 Å². The van der Waals surface area contributed by atoms with Crippen LogP contribution in [-0.2, 0) is 18.2 Å². The summed E-state index contributed by atoms with van der Waals surface area (Å²) in [5.41, 5.74) is 3.89. The van der Waals surface area contributed by atoms with E-state index in [0.717, 1.165) is 18.7 Å². The fourth-order valence-electron chi connectivity index (χ4n) is 3.22. The molecule has 2 rings (SSSR count). The monoisotopic (exact) mass is 281 g/mol. The molecular weight excluding hydrogens is 254 g/mol. The molecule has 114 valence electrons. The largest absolute Gasteiger partial charge is 0.377 e. The lowest BCUT2D eigenvalue weighted by Gasteiger charge is -2.35. The van der Waals surface area contributed by atoms with Crippen LogP contribution in [0.4, 0.5) is 0 Å². The molecule has 0 bridgehead atoms. The average Bonchev–Trinajstić information content (AvgIpc) is 2.89. The highest BCUT2D eigenvalue weighted by molar-refractivity contribution is 4.98. The highest BCUT2D eigenvalue weighted by atomic mass is 16.5. The number of nitrogens with one attached hydrogen (secondary N) is 1. The smallest absolute Gasteiger partial charge is 0.0844 e. The Kier molecular flexibility index (Phi) is 5.94. The van der Waals surface area contributed by atoms with Crippen molar-refractivity contribution in [2.45, 2.75) is 57.6 Å². The number of aryl methyl sites for hydroxylation is 1. The Morgan fingerprint density at radius 3 is 2.75 bits per heavy atom. The minimum atomic E-state index is 0.0924. The van der Waals surface area contributed by atoms with Crippen LogP contribution in [0.15, 0.2) is 6.20 Å². The number of nitrogens with two attached hydrogens (primary N) is 1. The fraction of sp³-hybridized carbons (Fsp3) is 0.857. The van der Waals surface area contributed by atoms with E-state index in [1.54, 1.807) is 4.68 Å². The summed E-state index contributed by atoms with van der Waals surface area (Å²) in [7, 11) is 1.88. The number of ether oxygens (including phenoxy) is 1. The molecule has 0 radical (unpaired) electrons. The van der Waals surface area contributed by atoms with E-state index in [1.165, 1.54) is 32.1 Å². The first kappa shape index (κ1) is 15.4. The Bertz CT molecular complexity index is 389. The molecule has 6 nitrogen and oxygen atoms in total. The summed E-state index contributed by atoms with van der Waals surface area (Å²) in [6, 6.07) is 0.0924. The molecule has 1 aliphatic carbocycles. The first-order valence-electron chi connectivity index (χ1n) is 7.67. The van der Waals surface area contributed by atoms with E-state index in [-0.39, 0.29) is 12.1 Å². The molecule has 2 atom stereocenters. The standard InChI is InChI=1S/C14H27N5O/c1-3-20-14(11-7-5-4-6-8-11)13(16-15)9-12-10-19(2)18-17-12/h10-11,13-14,16H,3-9,15H2,1-2H3. The minimum Gasteiger partial charge on any atom is -0.377 e. The Hall–Kier alpha value is -0.980. The summed E-state index contributed by atoms with van der Waals surface area (Å²) < 4.78 is 7.74. The SMILES string of the molecule is CCOC(C1CCCCC1)C(Cc1cn(C)nn1)NN. The Morgan fingerprint density at radius 2 is 2.20 bits per heavy atom. The maximum atomic E-state index is 6.02. The van der Waals surface area contributed by atoms with Crippen molar-refractivity contribution in [1.29, 1.82) is 0 Å². The predicted octanol–water partition coefficient (Wildman–Crippen LogP) is 1.17. The van der Waals surface area contributed by atoms with Gasteiger partial charge in [-0.3, -0.25) is 16.0 Å². The molecule has 2 unspecified atom stereocenters. The van der Waals surface area contributed by atoms with Crippen molar-refractivity contribution in [3.8, 4) is 0 Å². The zero-order valence-electron chi connectivity index (χ0n) is 12.6. The number of nitrogens with zero attached hydrogens (tertiary/aromatic N) is 3. The van der Waals surface area contributed by atoms with E-state index >= 15 is 0 Å². The van der Waals surface area contributed by atoms with E-state index in [2.05, 4.69) is 15.7 Å². The lowest BCUT2D eigenvalue weighted by molar-refractivity contribution is -0.0177. The van der Waals surface area contributed by atoms with Crippen molar-refractivity contribution >= 4 is 0 Å². The molecule has 3 N–H and O–H groups in total. The molecule has 1 saturated carbocycles. The predicted molar refractivity (Wildman–Crippen MR) is 77.8 cm³/mol. The topological polar surface area (TPSA) is 78.0 Å². The van der Waals surface area contributed by atoms with Gasteiger partial charge in [0.25, 0.3) is 0 Å². The highest BCUT2D eigenvalue weighted by Gasteiger charge is 2.31. The molecule has 1 heterocycles. The quantitative estimate of drug-likeness (QED) is 0.579. The van der Waals surface area contributed by atoms with E-state index in [0.29, 0.717) is 5.92 Å². The second-order valence-electron chi connectivity index (χ2n) is 5.68. The van der Waals surface area contributed by atoms with Gasteiger partial charge >= 0.3 is 0 Å². The summed E-state index contributed by atoms with van der Waals surface area (Å²) in [6.07, 6.45) is 9.28. The summed E-state index contributed by atoms with van der Waals surface area (Å²) in [6.45, 7) is 2.77. The normalized spacial score (nSPS) is 19.9. The fourth-order valence-corrected chi connectivity index (χ4v) is 3.22. The minimum absolute atomic E-state index is 0.0924. The van der Waals surface area contributed by atoms with Crippen molar-refractivity contribution in [2.75, 3.05) is 6.61 Å². The lowest BCUT2D eigenvalue weighted by Crippen LogP contribution is -2.50. The van der Waals surface area contributed by atoms with Crippen molar-refractivity contribution < 1.29 is 4.74 Å². The van der Waals surface area contributed by atoms with E-state index in [4.69, 9.17) is 10.6 Å². The van der Waals surface area contributed by atoms with Crippen molar-refractivity contribution in [1.82, 2.24) is 20.4 Å². The van der Waals surface area contributed by atoms with Gasteiger partial charge in [0.05, 0.1) is 17.8 Å². The third-order valence-electron chi connectivity index (χ3n) is 4.16. The summed E-state index contributed by atoms with van der Waals surface area (Å²) >= 11 is 0. The number of aromatic nitrogens is 3. The highest BCUT2D eigenvalue weighted by Crippen LogP contribution is 2.30. The Balaban J connectivity index is 2.03. The number of hydrogen-bond acceptors (Lipinski definition) is 5. The van der Waals surface area contributed by atoms with E-state index in [1.807, 2.05) is 20.2 Å². The van der Waals surface area contributed by atoms with Gasteiger partial charge in [0.2, 0.25) is 0 Å². The van der Waals surface area contributed by atoms with Gasteiger partial charge in [0.15, 0.2) is 0 Å². The van der Waals surface area contributed by atoms with Crippen molar-refractivity contribution in [2.24, 2.45) is 18.8 Å². The molecule has 1 aromatic heterocycles. The maximum absolute atomic E-state index is 6.02. The summed E-state index contributed by atoms with van der Waals surface area (Å²) in [5.74, 6) is 6.38. The molecule has 6 heteroatoms. The molecule has 0 aromatic carbocycles. The van der Waals surface area contributed by atoms with Gasteiger partial charge in [-0.15, -0.1) is 5.10 Å². The second-order valence-corrected chi connectivity index (χ2v) is 5.68. The zero-order chi connectivity index (χ0) is 14.4.